The summed E-state index contributed by atoms with van der Waals surface area (Å²) >= 11 is 5.81. The number of nitrogens with zero attached hydrogens (tertiary/aromatic N) is 2. The van der Waals surface area contributed by atoms with Crippen molar-refractivity contribution in [3.05, 3.63) is 63.2 Å². The number of hydrogen-bond acceptors (Lipinski definition) is 5. The lowest BCUT2D eigenvalue weighted by molar-refractivity contribution is -0.384. The predicted molar refractivity (Wildman–Crippen MR) is 92.7 cm³/mol. The summed E-state index contributed by atoms with van der Waals surface area (Å²) in [6.07, 6.45) is 0. The van der Waals surface area contributed by atoms with Gasteiger partial charge in [-0.1, -0.05) is 23.7 Å². The third-order valence-corrected chi connectivity index (χ3v) is 5.51. The average Bonchev–Trinajstić information content (AvgIpc) is 2.56. The second-order valence-corrected chi connectivity index (χ2v) is 7.55. The zero-order valence-corrected chi connectivity index (χ0v) is 14.6. The van der Waals surface area contributed by atoms with Crippen LogP contribution in [0, 0.1) is 10.1 Å². The Morgan fingerprint density at radius 1 is 1.21 bits per heavy atom. The molecule has 2 rings (SSSR count). The summed E-state index contributed by atoms with van der Waals surface area (Å²) in [6, 6.07) is 10.6. The normalized spacial score (nSPS) is 11.5. The Labute approximate surface area is 145 Å². The van der Waals surface area contributed by atoms with Crippen LogP contribution >= 0.6 is 11.6 Å². The molecule has 0 spiro atoms. The highest BCUT2D eigenvalue weighted by atomic mass is 35.5. The van der Waals surface area contributed by atoms with E-state index in [-0.39, 0.29) is 22.8 Å². The van der Waals surface area contributed by atoms with Crippen molar-refractivity contribution in [2.45, 2.75) is 11.4 Å². The molecule has 0 amide bonds. The minimum absolute atomic E-state index is 0.126. The van der Waals surface area contributed by atoms with Crippen molar-refractivity contribution in [2.75, 3.05) is 19.4 Å². The molecule has 0 atom stereocenters. The number of rotatable bonds is 6. The van der Waals surface area contributed by atoms with Gasteiger partial charge in [-0.3, -0.25) is 10.1 Å². The number of halogens is 1. The van der Waals surface area contributed by atoms with Gasteiger partial charge in [-0.2, -0.15) is 4.31 Å². The number of nitrogens with one attached hydrogen (secondary N) is 1. The van der Waals surface area contributed by atoms with Crippen LogP contribution in [0.5, 0.6) is 0 Å². The van der Waals surface area contributed by atoms with Crippen LogP contribution in [0.2, 0.25) is 5.02 Å². The molecule has 24 heavy (non-hydrogen) atoms. The van der Waals surface area contributed by atoms with Crippen molar-refractivity contribution in [3.63, 3.8) is 0 Å². The van der Waals surface area contributed by atoms with Gasteiger partial charge in [0.25, 0.3) is 5.69 Å². The van der Waals surface area contributed by atoms with Gasteiger partial charge in [-0.05, 0) is 29.8 Å². The van der Waals surface area contributed by atoms with Gasteiger partial charge in [0.05, 0.1) is 9.82 Å². The lowest BCUT2D eigenvalue weighted by atomic mass is 10.2. The van der Waals surface area contributed by atoms with Gasteiger partial charge in [0.15, 0.2) is 0 Å². The van der Waals surface area contributed by atoms with E-state index in [4.69, 9.17) is 11.6 Å². The molecule has 0 aliphatic heterocycles. The van der Waals surface area contributed by atoms with Gasteiger partial charge in [-0.25, -0.2) is 8.42 Å². The summed E-state index contributed by atoms with van der Waals surface area (Å²) in [5.41, 5.74) is 0.713. The molecule has 0 aliphatic carbocycles. The zero-order valence-electron chi connectivity index (χ0n) is 13.1. The second-order valence-electron chi connectivity index (χ2n) is 5.07. The van der Waals surface area contributed by atoms with Gasteiger partial charge in [0, 0.05) is 31.7 Å². The van der Waals surface area contributed by atoms with Crippen LogP contribution in [0.3, 0.4) is 0 Å². The number of sulfonamides is 1. The van der Waals surface area contributed by atoms with Crippen molar-refractivity contribution < 1.29 is 13.3 Å². The van der Waals surface area contributed by atoms with Gasteiger partial charge in [0.2, 0.25) is 10.0 Å². The van der Waals surface area contributed by atoms with E-state index < -0.39 is 14.9 Å². The minimum atomic E-state index is -3.86. The van der Waals surface area contributed by atoms with Crippen LogP contribution in [0.15, 0.2) is 47.4 Å². The second kappa shape index (κ2) is 7.16. The monoisotopic (exact) mass is 369 g/mol. The summed E-state index contributed by atoms with van der Waals surface area (Å²) < 4.78 is 26.4. The molecule has 0 aliphatic rings. The molecule has 1 N–H and O–H groups in total. The first-order chi connectivity index (χ1) is 11.3. The zero-order chi connectivity index (χ0) is 17.9. The fourth-order valence-electron chi connectivity index (χ4n) is 2.15. The smallest absolute Gasteiger partial charge is 0.293 e. The van der Waals surface area contributed by atoms with E-state index in [1.165, 1.54) is 26.2 Å². The molecule has 7 nitrogen and oxygen atoms in total. The summed E-state index contributed by atoms with van der Waals surface area (Å²) in [6.45, 7) is 0.126. The molecule has 0 bridgehead atoms. The van der Waals surface area contributed by atoms with E-state index in [2.05, 4.69) is 5.32 Å². The van der Waals surface area contributed by atoms with E-state index in [1.54, 1.807) is 24.3 Å². The van der Waals surface area contributed by atoms with Gasteiger partial charge in [-0.15, -0.1) is 0 Å². The fraction of sp³-hybridized carbons (Fsp3) is 0.200. The van der Waals surface area contributed by atoms with Crippen LogP contribution in [0.1, 0.15) is 5.56 Å². The molecule has 0 radical (unpaired) electrons. The molecule has 0 aromatic heterocycles. The van der Waals surface area contributed by atoms with Crippen LogP contribution in [-0.2, 0) is 16.6 Å². The standard InChI is InChI=1S/C15H16ClN3O4S/c1-17-14-8-7-13(9-15(14)19(20)21)24(22,23)18(2)10-11-3-5-12(16)6-4-11/h3-9,17H,10H2,1-2H3. The number of benzene rings is 2. The number of nitro groups is 1. The minimum Gasteiger partial charge on any atom is -0.383 e. The van der Waals surface area contributed by atoms with Gasteiger partial charge < -0.3 is 5.32 Å². The Morgan fingerprint density at radius 2 is 1.83 bits per heavy atom. The van der Waals surface area contributed by atoms with E-state index in [0.29, 0.717) is 5.02 Å². The first kappa shape index (κ1) is 18.2. The first-order valence-electron chi connectivity index (χ1n) is 6.92. The third-order valence-electron chi connectivity index (χ3n) is 3.46. The lowest BCUT2D eigenvalue weighted by Gasteiger charge is -2.17. The van der Waals surface area contributed by atoms with Crippen molar-refractivity contribution in [3.8, 4) is 0 Å². The Hall–Kier alpha value is -2.16. The highest BCUT2D eigenvalue weighted by Crippen LogP contribution is 2.28. The summed E-state index contributed by atoms with van der Waals surface area (Å²) in [5, 5.41) is 14.3. The van der Waals surface area contributed by atoms with Crippen molar-refractivity contribution >= 4 is 33.0 Å². The Balaban J connectivity index is 2.33. The number of anilines is 1. The summed E-state index contributed by atoms with van der Waals surface area (Å²) in [7, 11) is -0.911. The molecule has 0 unspecified atom stereocenters. The maximum atomic E-state index is 12.6. The molecule has 0 fully saturated rings. The van der Waals surface area contributed by atoms with Crippen LogP contribution in [-0.4, -0.2) is 31.7 Å². The van der Waals surface area contributed by atoms with Crippen molar-refractivity contribution in [1.29, 1.82) is 0 Å². The number of hydrogen-bond donors (Lipinski definition) is 1. The summed E-state index contributed by atoms with van der Waals surface area (Å²) in [5.74, 6) is 0. The molecule has 2 aromatic rings. The highest BCUT2D eigenvalue weighted by Gasteiger charge is 2.25. The van der Waals surface area contributed by atoms with Gasteiger partial charge >= 0.3 is 0 Å². The van der Waals surface area contributed by atoms with Crippen LogP contribution in [0.25, 0.3) is 0 Å². The SMILES string of the molecule is CNc1ccc(S(=O)(=O)N(C)Cc2ccc(Cl)cc2)cc1[N+](=O)[O-]. The van der Waals surface area contributed by atoms with E-state index in [0.717, 1.165) is 15.9 Å². The molecule has 128 valence electrons. The predicted octanol–water partition coefficient (Wildman–Crippen LogP) is 3.11. The molecule has 0 saturated heterocycles. The maximum Gasteiger partial charge on any atom is 0.293 e. The maximum absolute atomic E-state index is 12.6. The average molecular weight is 370 g/mol. The van der Waals surface area contributed by atoms with E-state index in [9.17, 15) is 18.5 Å². The molecule has 2 aromatic carbocycles. The number of nitro benzene ring substituents is 1. The molecular weight excluding hydrogens is 354 g/mol. The Kier molecular flexibility index (Phi) is 5.43. The van der Waals surface area contributed by atoms with Gasteiger partial charge in [0.1, 0.15) is 5.69 Å². The van der Waals surface area contributed by atoms with Crippen LogP contribution in [0.4, 0.5) is 11.4 Å². The quantitative estimate of drug-likeness (QED) is 0.623. The third kappa shape index (κ3) is 3.84. The molecular formula is C15H16ClN3O4S. The van der Waals surface area contributed by atoms with E-state index >= 15 is 0 Å². The summed E-state index contributed by atoms with van der Waals surface area (Å²) in [4.78, 5) is 10.3. The highest BCUT2D eigenvalue weighted by molar-refractivity contribution is 7.89. The largest absolute Gasteiger partial charge is 0.383 e. The van der Waals surface area contributed by atoms with Crippen molar-refractivity contribution in [1.82, 2.24) is 4.31 Å². The molecule has 0 heterocycles. The first-order valence-corrected chi connectivity index (χ1v) is 8.74. The van der Waals surface area contributed by atoms with Crippen molar-refractivity contribution in [2.24, 2.45) is 0 Å². The Morgan fingerprint density at radius 3 is 2.38 bits per heavy atom. The molecule has 0 saturated carbocycles. The fourth-order valence-corrected chi connectivity index (χ4v) is 3.45. The van der Waals surface area contributed by atoms with Crippen LogP contribution < -0.4 is 5.32 Å². The Bertz CT molecular complexity index is 854. The topological polar surface area (TPSA) is 92.6 Å². The molecule has 9 heteroatoms. The van der Waals surface area contributed by atoms with E-state index in [1.807, 2.05) is 0 Å². The lowest BCUT2D eigenvalue weighted by Crippen LogP contribution is -2.26.